The molecule has 1 aliphatic rings. The number of hydrogen-bond donors (Lipinski definition) is 1. The number of nitro benzene ring substituents is 1. The molecule has 0 saturated heterocycles. The summed E-state index contributed by atoms with van der Waals surface area (Å²) in [5.41, 5.74) is 0.361. The largest absolute Gasteiger partial charge is 0.506 e. The topological polar surface area (TPSA) is 118 Å². The highest BCUT2D eigenvalue weighted by Gasteiger charge is 2.38. The first kappa shape index (κ1) is 18.0. The van der Waals surface area contributed by atoms with Gasteiger partial charge in [0.05, 0.1) is 16.2 Å². The summed E-state index contributed by atoms with van der Waals surface area (Å²) in [5, 5.41) is 21.7. The van der Waals surface area contributed by atoms with Gasteiger partial charge in [-0.15, -0.1) is 0 Å². The number of nitro groups is 1. The Hall–Kier alpha value is -3.81. The molecule has 27 heavy (non-hydrogen) atoms. The van der Waals surface area contributed by atoms with E-state index in [9.17, 15) is 29.6 Å². The number of aliphatic hydroxyl groups excluding tert-OH is 1. The summed E-state index contributed by atoms with van der Waals surface area (Å²) >= 11 is 0. The Morgan fingerprint density at radius 2 is 1.78 bits per heavy atom. The number of nitrogens with zero attached hydrogens (tertiary/aromatic N) is 2. The van der Waals surface area contributed by atoms with Crippen LogP contribution in [0.5, 0.6) is 0 Å². The van der Waals surface area contributed by atoms with Crippen molar-refractivity contribution in [3.63, 3.8) is 0 Å². The second-order valence-corrected chi connectivity index (χ2v) is 5.98. The number of anilines is 1. The van der Waals surface area contributed by atoms with Gasteiger partial charge in [-0.25, -0.2) is 4.90 Å². The molecule has 3 rings (SSSR count). The van der Waals surface area contributed by atoms with Crippen molar-refractivity contribution >= 4 is 40.3 Å². The number of aliphatic hydroxyl groups is 1. The lowest BCUT2D eigenvalue weighted by Gasteiger charge is -2.12. The fourth-order valence-electron chi connectivity index (χ4n) is 2.94. The van der Waals surface area contributed by atoms with Gasteiger partial charge in [-0.2, -0.15) is 0 Å². The quantitative estimate of drug-likeness (QED) is 0.293. The average molecular weight is 366 g/mol. The predicted octanol–water partition coefficient (Wildman–Crippen LogP) is 3.12. The van der Waals surface area contributed by atoms with Crippen molar-refractivity contribution < 1.29 is 24.4 Å². The molecular weight excluding hydrogens is 352 g/mol. The van der Waals surface area contributed by atoms with Gasteiger partial charge < -0.3 is 5.11 Å². The maximum Gasteiger partial charge on any atom is 0.270 e. The number of amides is 2. The molecule has 2 amide bonds. The van der Waals surface area contributed by atoms with Crippen LogP contribution in [-0.2, 0) is 9.59 Å². The van der Waals surface area contributed by atoms with E-state index in [1.807, 2.05) is 0 Å². The summed E-state index contributed by atoms with van der Waals surface area (Å²) in [7, 11) is 0. The van der Waals surface area contributed by atoms with Crippen LogP contribution < -0.4 is 4.90 Å². The number of imide groups is 1. The summed E-state index contributed by atoms with van der Waals surface area (Å²) in [6, 6.07) is 9.52. The van der Waals surface area contributed by atoms with E-state index in [0.29, 0.717) is 5.56 Å². The van der Waals surface area contributed by atoms with Crippen molar-refractivity contribution in [1.82, 2.24) is 0 Å². The number of rotatable bonds is 3. The van der Waals surface area contributed by atoms with Crippen molar-refractivity contribution in [3.05, 3.63) is 69.3 Å². The number of non-ortho nitro benzene ring substituents is 1. The standard InChI is InChI=1S/C19H14N2O6/c1-10(22)12-6-7-16-15(9-12)17(19(25)20(16)11(2)23)18(24)13-4-3-5-14(8-13)21(26)27/h3-9,24H,1-2H3/b18-17-. The molecule has 0 spiro atoms. The first-order valence-electron chi connectivity index (χ1n) is 7.90. The molecule has 0 aromatic heterocycles. The Bertz CT molecular complexity index is 1050. The van der Waals surface area contributed by atoms with Crippen LogP contribution in [0.25, 0.3) is 11.3 Å². The molecule has 0 saturated carbocycles. The van der Waals surface area contributed by atoms with Gasteiger partial charge in [-0.1, -0.05) is 12.1 Å². The van der Waals surface area contributed by atoms with Crippen LogP contribution in [0, 0.1) is 10.1 Å². The Labute approximate surface area is 153 Å². The van der Waals surface area contributed by atoms with E-state index in [2.05, 4.69) is 0 Å². The summed E-state index contributed by atoms with van der Waals surface area (Å²) in [5.74, 6) is -2.07. The SMILES string of the molecule is CC(=O)c1ccc2c(c1)/C(=C(/O)c1cccc([N+](=O)[O-])c1)C(=O)N2C(C)=O. The summed E-state index contributed by atoms with van der Waals surface area (Å²) in [6.45, 7) is 2.55. The summed E-state index contributed by atoms with van der Waals surface area (Å²) in [4.78, 5) is 47.6. The first-order valence-corrected chi connectivity index (χ1v) is 7.90. The van der Waals surface area contributed by atoms with E-state index in [0.717, 1.165) is 11.0 Å². The molecule has 136 valence electrons. The molecule has 0 atom stereocenters. The van der Waals surface area contributed by atoms with E-state index in [1.54, 1.807) is 0 Å². The van der Waals surface area contributed by atoms with Crippen molar-refractivity contribution in [1.29, 1.82) is 0 Å². The fraction of sp³-hybridized carbons (Fsp3) is 0.105. The third-order valence-electron chi connectivity index (χ3n) is 4.21. The predicted molar refractivity (Wildman–Crippen MR) is 97.2 cm³/mol. The Kier molecular flexibility index (Phi) is 4.32. The minimum absolute atomic E-state index is 0.0529. The smallest absolute Gasteiger partial charge is 0.270 e. The molecular formula is C19H14N2O6. The van der Waals surface area contributed by atoms with E-state index < -0.39 is 22.5 Å². The number of carbonyl (C=O) groups excluding carboxylic acids is 3. The van der Waals surface area contributed by atoms with Crippen molar-refractivity contribution in [2.45, 2.75) is 13.8 Å². The van der Waals surface area contributed by atoms with Gasteiger partial charge in [0.2, 0.25) is 5.91 Å². The van der Waals surface area contributed by atoms with Gasteiger partial charge in [0, 0.05) is 35.7 Å². The lowest BCUT2D eigenvalue weighted by molar-refractivity contribution is -0.384. The van der Waals surface area contributed by atoms with Gasteiger partial charge in [0.1, 0.15) is 5.76 Å². The molecule has 1 aliphatic heterocycles. The van der Waals surface area contributed by atoms with Gasteiger partial charge in [0.25, 0.3) is 11.6 Å². The molecule has 1 heterocycles. The third-order valence-corrected chi connectivity index (χ3v) is 4.21. The van der Waals surface area contributed by atoms with E-state index >= 15 is 0 Å². The maximum absolute atomic E-state index is 12.8. The minimum Gasteiger partial charge on any atom is -0.506 e. The molecule has 0 unspecified atom stereocenters. The van der Waals surface area contributed by atoms with Crippen molar-refractivity contribution in [2.24, 2.45) is 0 Å². The first-order chi connectivity index (χ1) is 12.7. The number of ketones is 1. The minimum atomic E-state index is -0.762. The fourth-order valence-corrected chi connectivity index (χ4v) is 2.94. The van der Waals surface area contributed by atoms with Crippen molar-refractivity contribution in [2.75, 3.05) is 4.90 Å². The molecule has 0 fully saturated rings. The van der Waals surface area contributed by atoms with Gasteiger partial charge in [-0.05, 0) is 25.1 Å². The summed E-state index contributed by atoms with van der Waals surface area (Å²) in [6.07, 6.45) is 0. The van der Waals surface area contributed by atoms with E-state index in [-0.39, 0.29) is 33.9 Å². The Morgan fingerprint density at radius 3 is 2.37 bits per heavy atom. The maximum atomic E-state index is 12.8. The second kappa shape index (κ2) is 6.49. The zero-order valence-corrected chi connectivity index (χ0v) is 14.4. The van der Waals surface area contributed by atoms with Gasteiger partial charge in [0.15, 0.2) is 5.78 Å². The van der Waals surface area contributed by atoms with Crippen LogP contribution in [-0.4, -0.2) is 27.6 Å². The average Bonchev–Trinajstić information content (AvgIpc) is 2.92. The molecule has 2 aromatic carbocycles. The number of Topliss-reactive ketones (excluding diaryl/α,β-unsaturated/α-hetero) is 1. The van der Waals surface area contributed by atoms with E-state index in [4.69, 9.17) is 0 Å². The third kappa shape index (κ3) is 2.97. The highest BCUT2D eigenvalue weighted by Crippen LogP contribution is 2.41. The van der Waals surface area contributed by atoms with Gasteiger partial charge in [-0.3, -0.25) is 24.5 Å². The molecule has 0 aliphatic carbocycles. The monoisotopic (exact) mass is 366 g/mol. The highest BCUT2D eigenvalue weighted by atomic mass is 16.6. The Balaban J connectivity index is 2.28. The molecule has 0 radical (unpaired) electrons. The van der Waals surface area contributed by atoms with Crippen LogP contribution in [0.4, 0.5) is 11.4 Å². The molecule has 8 nitrogen and oxygen atoms in total. The van der Waals surface area contributed by atoms with Crippen LogP contribution in [0.2, 0.25) is 0 Å². The zero-order valence-electron chi connectivity index (χ0n) is 14.4. The zero-order chi connectivity index (χ0) is 19.9. The number of hydrogen-bond acceptors (Lipinski definition) is 6. The van der Waals surface area contributed by atoms with Gasteiger partial charge >= 0.3 is 0 Å². The summed E-state index contributed by atoms with van der Waals surface area (Å²) < 4.78 is 0. The molecule has 2 aromatic rings. The van der Waals surface area contributed by atoms with Crippen molar-refractivity contribution in [3.8, 4) is 0 Å². The lowest BCUT2D eigenvalue weighted by atomic mass is 9.99. The highest BCUT2D eigenvalue weighted by molar-refractivity contribution is 6.42. The van der Waals surface area contributed by atoms with Crippen LogP contribution in [0.1, 0.15) is 35.3 Å². The molecule has 1 N–H and O–H groups in total. The van der Waals surface area contributed by atoms with Crippen LogP contribution in [0.3, 0.4) is 0 Å². The number of carbonyl (C=O) groups is 3. The number of benzene rings is 2. The molecule has 8 heteroatoms. The lowest BCUT2D eigenvalue weighted by Crippen LogP contribution is -2.31. The second-order valence-electron chi connectivity index (χ2n) is 5.98. The van der Waals surface area contributed by atoms with E-state index in [1.165, 1.54) is 50.2 Å². The normalized spacial score (nSPS) is 14.7. The van der Waals surface area contributed by atoms with Crippen LogP contribution >= 0.6 is 0 Å². The number of fused-ring (bicyclic) bond motifs is 1. The molecule has 0 bridgehead atoms. The Morgan fingerprint density at radius 1 is 1.07 bits per heavy atom. The van der Waals surface area contributed by atoms with Crippen LogP contribution in [0.15, 0.2) is 42.5 Å².